The molecule has 0 bridgehead atoms. The van der Waals surface area contributed by atoms with E-state index in [4.69, 9.17) is 14.2 Å². The van der Waals surface area contributed by atoms with E-state index in [1.54, 1.807) is 21.3 Å². The summed E-state index contributed by atoms with van der Waals surface area (Å²) in [5, 5.41) is 0. The zero-order valence-electron chi connectivity index (χ0n) is 17.9. The lowest BCUT2D eigenvalue weighted by atomic mass is 9.82. The van der Waals surface area contributed by atoms with Crippen molar-refractivity contribution in [2.45, 2.75) is 19.3 Å². The van der Waals surface area contributed by atoms with E-state index in [9.17, 15) is 4.79 Å². The summed E-state index contributed by atoms with van der Waals surface area (Å²) in [4.78, 5) is 17.6. The molecule has 0 aliphatic carbocycles. The zero-order chi connectivity index (χ0) is 21.0. The third kappa shape index (κ3) is 4.26. The molecule has 1 heterocycles. The summed E-state index contributed by atoms with van der Waals surface area (Å²) in [5.41, 5.74) is 1.41. The number of carbonyl (C=O) groups excluding carboxylic acids is 1. The van der Waals surface area contributed by atoms with Gasteiger partial charge in [0.15, 0.2) is 11.5 Å². The first-order valence-corrected chi connectivity index (χ1v) is 9.81. The lowest BCUT2D eigenvalue weighted by Crippen LogP contribution is -2.53. The molecule has 0 atom stereocenters. The molecular formula is C23H30N2O4. The van der Waals surface area contributed by atoms with Crippen LogP contribution in [-0.4, -0.2) is 58.3 Å². The van der Waals surface area contributed by atoms with Crippen molar-refractivity contribution < 1.29 is 19.0 Å². The number of piperazine rings is 1. The first-order chi connectivity index (χ1) is 13.9. The minimum absolute atomic E-state index is 0.124. The number of anilines is 1. The summed E-state index contributed by atoms with van der Waals surface area (Å²) < 4.78 is 16.0. The maximum atomic E-state index is 13.3. The largest absolute Gasteiger partial charge is 0.497 e. The number of rotatable bonds is 6. The van der Waals surface area contributed by atoms with E-state index < -0.39 is 5.41 Å². The number of amides is 1. The van der Waals surface area contributed by atoms with Crippen LogP contribution in [0.15, 0.2) is 42.5 Å². The molecule has 29 heavy (non-hydrogen) atoms. The molecule has 1 fully saturated rings. The summed E-state index contributed by atoms with van der Waals surface area (Å²) >= 11 is 0. The molecule has 2 aromatic rings. The molecule has 1 saturated heterocycles. The minimum Gasteiger partial charge on any atom is -0.497 e. The van der Waals surface area contributed by atoms with Crippen molar-refractivity contribution in [2.24, 2.45) is 0 Å². The van der Waals surface area contributed by atoms with Crippen LogP contribution in [-0.2, 0) is 10.2 Å². The second kappa shape index (κ2) is 8.64. The summed E-state index contributed by atoms with van der Waals surface area (Å²) in [6, 6.07) is 13.7. The van der Waals surface area contributed by atoms with E-state index >= 15 is 0 Å². The van der Waals surface area contributed by atoms with Crippen molar-refractivity contribution in [3.05, 3.63) is 48.0 Å². The van der Waals surface area contributed by atoms with E-state index in [1.807, 2.05) is 49.1 Å². The Hall–Kier alpha value is -2.89. The van der Waals surface area contributed by atoms with Crippen molar-refractivity contribution in [1.29, 1.82) is 0 Å². The van der Waals surface area contributed by atoms with E-state index in [-0.39, 0.29) is 5.91 Å². The van der Waals surface area contributed by atoms with Crippen LogP contribution in [0.3, 0.4) is 0 Å². The second-order valence-corrected chi connectivity index (χ2v) is 7.67. The van der Waals surface area contributed by atoms with Crippen LogP contribution in [0.4, 0.5) is 5.69 Å². The quantitative estimate of drug-likeness (QED) is 0.747. The predicted molar refractivity (Wildman–Crippen MR) is 114 cm³/mol. The number of carbonyl (C=O) groups is 1. The van der Waals surface area contributed by atoms with Gasteiger partial charge in [-0.05, 0) is 55.8 Å². The molecule has 0 N–H and O–H groups in total. The van der Waals surface area contributed by atoms with Gasteiger partial charge < -0.3 is 24.0 Å². The topological polar surface area (TPSA) is 51.2 Å². The predicted octanol–water partition coefficient (Wildman–Crippen LogP) is 3.34. The average Bonchev–Trinajstić information content (AvgIpc) is 2.78. The molecule has 3 rings (SSSR count). The summed E-state index contributed by atoms with van der Waals surface area (Å²) in [6.45, 7) is 6.93. The summed E-state index contributed by atoms with van der Waals surface area (Å²) in [6.07, 6.45) is 0. The molecule has 6 heteroatoms. The molecule has 1 aliphatic rings. The fourth-order valence-electron chi connectivity index (χ4n) is 3.70. The fourth-order valence-corrected chi connectivity index (χ4v) is 3.70. The number of hydrogen-bond acceptors (Lipinski definition) is 5. The van der Waals surface area contributed by atoms with E-state index in [1.165, 1.54) is 0 Å². The zero-order valence-corrected chi connectivity index (χ0v) is 17.9. The van der Waals surface area contributed by atoms with Crippen molar-refractivity contribution >= 4 is 11.6 Å². The SMILES string of the molecule is COc1ccc(N2CCN(C(=O)C(C)(C)c3ccc(OC)c(OC)c3)CC2)cc1. The molecular weight excluding hydrogens is 368 g/mol. The molecule has 0 radical (unpaired) electrons. The maximum absolute atomic E-state index is 13.3. The summed E-state index contributed by atoms with van der Waals surface area (Å²) in [7, 11) is 4.88. The normalized spacial score (nSPS) is 14.5. The number of methoxy groups -OCH3 is 3. The Labute approximate surface area is 173 Å². The molecule has 156 valence electrons. The van der Waals surface area contributed by atoms with Gasteiger partial charge >= 0.3 is 0 Å². The van der Waals surface area contributed by atoms with Crippen LogP contribution in [0.2, 0.25) is 0 Å². The van der Waals surface area contributed by atoms with Gasteiger partial charge in [0.1, 0.15) is 5.75 Å². The Morgan fingerprint density at radius 2 is 1.45 bits per heavy atom. The number of ether oxygens (including phenoxy) is 3. The molecule has 0 saturated carbocycles. The van der Waals surface area contributed by atoms with Crippen molar-refractivity contribution in [2.75, 3.05) is 52.4 Å². The molecule has 1 aliphatic heterocycles. The van der Waals surface area contributed by atoms with Crippen LogP contribution < -0.4 is 19.1 Å². The maximum Gasteiger partial charge on any atom is 0.232 e. The fraction of sp³-hybridized carbons (Fsp3) is 0.435. The lowest BCUT2D eigenvalue weighted by molar-refractivity contribution is -0.136. The van der Waals surface area contributed by atoms with Gasteiger partial charge in [-0.3, -0.25) is 4.79 Å². The molecule has 0 spiro atoms. The van der Waals surface area contributed by atoms with Crippen molar-refractivity contribution in [1.82, 2.24) is 4.90 Å². The van der Waals surface area contributed by atoms with Crippen LogP contribution in [0.5, 0.6) is 17.2 Å². The first-order valence-electron chi connectivity index (χ1n) is 9.81. The van der Waals surface area contributed by atoms with Crippen LogP contribution in [0, 0.1) is 0 Å². The highest BCUT2D eigenvalue weighted by atomic mass is 16.5. The Morgan fingerprint density at radius 3 is 2.00 bits per heavy atom. The lowest BCUT2D eigenvalue weighted by Gasteiger charge is -2.39. The van der Waals surface area contributed by atoms with Gasteiger partial charge in [0.25, 0.3) is 0 Å². The smallest absolute Gasteiger partial charge is 0.232 e. The van der Waals surface area contributed by atoms with Crippen molar-refractivity contribution in [3.8, 4) is 17.2 Å². The van der Waals surface area contributed by atoms with Gasteiger partial charge in [0.05, 0.1) is 26.7 Å². The number of nitrogens with zero attached hydrogens (tertiary/aromatic N) is 2. The molecule has 0 unspecified atom stereocenters. The Balaban J connectivity index is 1.69. The monoisotopic (exact) mass is 398 g/mol. The van der Waals surface area contributed by atoms with Gasteiger partial charge in [0, 0.05) is 31.9 Å². The third-order valence-electron chi connectivity index (χ3n) is 5.64. The van der Waals surface area contributed by atoms with Gasteiger partial charge in [-0.1, -0.05) is 6.07 Å². The molecule has 0 aromatic heterocycles. The molecule has 6 nitrogen and oxygen atoms in total. The minimum atomic E-state index is -0.651. The van der Waals surface area contributed by atoms with E-state index in [0.29, 0.717) is 24.6 Å². The highest BCUT2D eigenvalue weighted by Crippen LogP contribution is 2.34. The van der Waals surface area contributed by atoms with Crippen LogP contribution in [0.1, 0.15) is 19.4 Å². The number of benzene rings is 2. The Kier molecular flexibility index (Phi) is 6.20. The molecule has 1 amide bonds. The van der Waals surface area contributed by atoms with Crippen molar-refractivity contribution in [3.63, 3.8) is 0 Å². The standard InChI is InChI=1S/C23H30N2O4/c1-23(2,17-6-11-20(28-4)21(16-17)29-5)22(26)25-14-12-24(13-15-25)18-7-9-19(27-3)10-8-18/h6-11,16H,12-15H2,1-5H3. The van der Waals surface area contributed by atoms with Gasteiger partial charge in [-0.25, -0.2) is 0 Å². The molecule has 2 aromatic carbocycles. The van der Waals surface area contributed by atoms with Crippen LogP contribution in [0.25, 0.3) is 0 Å². The summed E-state index contributed by atoms with van der Waals surface area (Å²) in [5.74, 6) is 2.26. The van der Waals surface area contributed by atoms with Gasteiger partial charge in [0.2, 0.25) is 5.91 Å². The third-order valence-corrected chi connectivity index (χ3v) is 5.64. The van der Waals surface area contributed by atoms with Gasteiger partial charge in [-0.15, -0.1) is 0 Å². The van der Waals surface area contributed by atoms with E-state index in [2.05, 4.69) is 17.0 Å². The number of hydrogen-bond donors (Lipinski definition) is 0. The van der Waals surface area contributed by atoms with Crippen LogP contribution >= 0.6 is 0 Å². The van der Waals surface area contributed by atoms with Gasteiger partial charge in [-0.2, -0.15) is 0 Å². The second-order valence-electron chi connectivity index (χ2n) is 7.67. The average molecular weight is 399 g/mol. The Bertz CT molecular complexity index is 840. The highest BCUT2D eigenvalue weighted by molar-refractivity contribution is 5.88. The Morgan fingerprint density at radius 1 is 0.828 bits per heavy atom. The highest BCUT2D eigenvalue weighted by Gasteiger charge is 2.35. The first kappa shape index (κ1) is 20.8. The van der Waals surface area contributed by atoms with E-state index in [0.717, 1.165) is 30.1 Å².